The maximum absolute atomic E-state index is 5.87. The molecule has 0 radical (unpaired) electrons. The normalized spacial score (nSPS) is 13.6. The highest BCUT2D eigenvalue weighted by Crippen LogP contribution is 2.25. The number of hydrogen-bond acceptors (Lipinski definition) is 7. The quantitative estimate of drug-likeness (QED) is 0.520. The molecule has 0 saturated heterocycles. The van der Waals surface area contributed by atoms with Gasteiger partial charge >= 0.3 is 0 Å². The van der Waals surface area contributed by atoms with Gasteiger partial charge in [0, 0.05) is 20.1 Å². The molecular formula is C20H27N5O2S. The van der Waals surface area contributed by atoms with E-state index in [1.54, 1.807) is 7.11 Å². The van der Waals surface area contributed by atoms with Crippen molar-refractivity contribution in [3.8, 4) is 0 Å². The Morgan fingerprint density at radius 1 is 1.25 bits per heavy atom. The Balaban J connectivity index is 1.67. The number of nitrogens with zero attached hydrogens (tertiary/aromatic N) is 4. The highest BCUT2D eigenvalue weighted by atomic mass is 32.2. The van der Waals surface area contributed by atoms with E-state index >= 15 is 0 Å². The van der Waals surface area contributed by atoms with Gasteiger partial charge in [-0.3, -0.25) is 0 Å². The molecule has 0 spiro atoms. The van der Waals surface area contributed by atoms with Crippen molar-refractivity contribution in [2.24, 2.45) is 0 Å². The van der Waals surface area contributed by atoms with E-state index in [1.165, 1.54) is 11.8 Å². The fourth-order valence-electron chi connectivity index (χ4n) is 3.10. The molecule has 2 unspecified atom stereocenters. The van der Waals surface area contributed by atoms with Crippen molar-refractivity contribution < 1.29 is 9.47 Å². The van der Waals surface area contributed by atoms with E-state index < -0.39 is 0 Å². The average Bonchev–Trinajstić information content (AvgIpc) is 3.17. The van der Waals surface area contributed by atoms with Crippen LogP contribution in [0.3, 0.4) is 0 Å². The molecule has 0 aliphatic rings. The summed E-state index contributed by atoms with van der Waals surface area (Å²) in [5.41, 5.74) is 2.93. The molecule has 0 aliphatic heterocycles. The Morgan fingerprint density at radius 3 is 2.71 bits per heavy atom. The van der Waals surface area contributed by atoms with Gasteiger partial charge in [-0.25, -0.2) is 9.50 Å². The Bertz CT molecular complexity index is 887. The van der Waals surface area contributed by atoms with Crippen molar-refractivity contribution in [1.29, 1.82) is 0 Å². The summed E-state index contributed by atoms with van der Waals surface area (Å²) in [4.78, 5) is 8.98. The van der Waals surface area contributed by atoms with Gasteiger partial charge < -0.3 is 14.8 Å². The van der Waals surface area contributed by atoms with Crippen LogP contribution in [0.2, 0.25) is 0 Å². The minimum absolute atomic E-state index is 0.00473. The predicted octanol–water partition coefficient (Wildman–Crippen LogP) is 3.61. The summed E-state index contributed by atoms with van der Waals surface area (Å²) >= 11 is 1.51. The van der Waals surface area contributed by atoms with Crippen LogP contribution in [0.25, 0.3) is 5.65 Å². The third kappa shape index (κ3) is 4.81. The highest BCUT2D eigenvalue weighted by Gasteiger charge is 2.20. The summed E-state index contributed by atoms with van der Waals surface area (Å²) in [7, 11) is 3.57. The molecule has 0 amide bonds. The van der Waals surface area contributed by atoms with Crippen LogP contribution in [0.5, 0.6) is 0 Å². The summed E-state index contributed by atoms with van der Waals surface area (Å²) in [6.45, 7) is 3.28. The largest absolute Gasteiger partial charge is 0.379 e. The van der Waals surface area contributed by atoms with Gasteiger partial charge in [0.15, 0.2) is 11.5 Å². The lowest BCUT2D eigenvalue weighted by Gasteiger charge is -2.19. The van der Waals surface area contributed by atoms with Gasteiger partial charge in [-0.2, -0.15) is 4.98 Å². The lowest BCUT2D eigenvalue weighted by Crippen LogP contribution is -2.21. The summed E-state index contributed by atoms with van der Waals surface area (Å²) < 4.78 is 13.4. The molecule has 0 fully saturated rings. The first kappa shape index (κ1) is 20.6. The van der Waals surface area contributed by atoms with Crippen LogP contribution < -0.4 is 5.32 Å². The maximum Gasteiger partial charge on any atom is 0.209 e. The maximum atomic E-state index is 5.87. The van der Waals surface area contributed by atoms with Crippen molar-refractivity contribution in [2.75, 3.05) is 32.3 Å². The van der Waals surface area contributed by atoms with Crippen molar-refractivity contribution in [1.82, 2.24) is 19.6 Å². The zero-order valence-electron chi connectivity index (χ0n) is 16.8. The van der Waals surface area contributed by atoms with Gasteiger partial charge in [-0.1, -0.05) is 49.0 Å². The minimum atomic E-state index is -0.00473. The lowest BCUT2D eigenvalue weighted by molar-refractivity contribution is -0.00474. The molecule has 0 bridgehead atoms. The minimum Gasteiger partial charge on any atom is -0.379 e. The number of aromatic nitrogens is 4. The van der Waals surface area contributed by atoms with Crippen molar-refractivity contribution in [3.63, 3.8) is 0 Å². The van der Waals surface area contributed by atoms with Crippen LogP contribution in [0.1, 0.15) is 30.5 Å². The van der Waals surface area contributed by atoms with Crippen molar-refractivity contribution >= 4 is 23.2 Å². The molecule has 2 heterocycles. The molecule has 2 atom stereocenters. The monoisotopic (exact) mass is 401 g/mol. The number of methoxy groups -OCH3 is 1. The third-order valence-corrected chi connectivity index (χ3v) is 5.20. The zero-order chi connectivity index (χ0) is 19.9. The number of nitrogens with one attached hydrogen (secondary N) is 1. The fourth-order valence-corrected chi connectivity index (χ4v) is 3.44. The summed E-state index contributed by atoms with van der Waals surface area (Å²) in [6, 6.07) is 10.2. The molecule has 3 aromatic rings. The standard InChI is InChI=1S/C20H27N5O2S/c1-14(10-16(26-3)13-27-12-15-8-6-5-7-9-15)17-11-22-19-18(21-2)23-20(28-4)24-25(17)19/h5-9,11,14,16H,10,12-13H2,1-4H3,(H,21,23,24). The van der Waals surface area contributed by atoms with Gasteiger partial charge in [0.2, 0.25) is 5.16 Å². The van der Waals surface area contributed by atoms with E-state index in [0.717, 1.165) is 29.1 Å². The second kappa shape index (κ2) is 9.86. The van der Waals surface area contributed by atoms with E-state index in [1.807, 2.05) is 42.2 Å². The number of benzene rings is 1. The number of fused-ring (bicyclic) bond motifs is 1. The molecule has 1 N–H and O–H groups in total. The number of thioether (sulfide) groups is 1. The van der Waals surface area contributed by atoms with Crippen LogP contribution in [0.4, 0.5) is 5.82 Å². The van der Waals surface area contributed by atoms with Crippen molar-refractivity contribution in [2.45, 2.75) is 37.1 Å². The Morgan fingerprint density at radius 2 is 2.04 bits per heavy atom. The summed E-state index contributed by atoms with van der Waals surface area (Å²) in [6.07, 6.45) is 4.64. The first-order valence-electron chi connectivity index (χ1n) is 9.28. The first-order chi connectivity index (χ1) is 13.7. The molecular weight excluding hydrogens is 374 g/mol. The third-order valence-electron chi connectivity index (χ3n) is 4.66. The van der Waals surface area contributed by atoms with E-state index in [-0.39, 0.29) is 12.0 Å². The van der Waals surface area contributed by atoms with E-state index in [0.29, 0.717) is 18.4 Å². The van der Waals surface area contributed by atoms with Gasteiger partial charge in [0.25, 0.3) is 0 Å². The lowest BCUT2D eigenvalue weighted by atomic mass is 10.0. The van der Waals surface area contributed by atoms with Gasteiger partial charge in [-0.15, -0.1) is 5.10 Å². The van der Waals surface area contributed by atoms with Gasteiger partial charge in [0.05, 0.1) is 31.2 Å². The molecule has 150 valence electrons. The SMILES string of the molecule is CNc1nc(SC)nn2c(C(C)CC(COCc3ccccc3)OC)cnc12. The summed E-state index contributed by atoms with van der Waals surface area (Å²) in [5.74, 6) is 0.932. The molecule has 2 aromatic heterocycles. The highest BCUT2D eigenvalue weighted by molar-refractivity contribution is 7.98. The Kier molecular flexibility index (Phi) is 7.24. The average molecular weight is 402 g/mol. The zero-order valence-corrected chi connectivity index (χ0v) is 17.6. The predicted molar refractivity (Wildman–Crippen MR) is 112 cm³/mol. The number of anilines is 1. The smallest absolute Gasteiger partial charge is 0.209 e. The summed E-state index contributed by atoms with van der Waals surface area (Å²) in [5, 5.41) is 8.42. The molecule has 28 heavy (non-hydrogen) atoms. The molecule has 0 saturated carbocycles. The number of rotatable bonds is 10. The van der Waals surface area contributed by atoms with Crippen LogP contribution in [-0.2, 0) is 16.1 Å². The molecule has 7 nitrogen and oxygen atoms in total. The van der Waals surface area contributed by atoms with Crippen LogP contribution in [0, 0.1) is 0 Å². The van der Waals surface area contributed by atoms with Crippen LogP contribution in [0.15, 0.2) is 41.7 Å². The van der Waals surface area contributed by atoms with E-state index in [2.05, 4.69) is 39.4 Å². The van der Waals surface area contributed by atoms with Gasteiger partial charge in [-0.05, 0) is 18.2 Å². The number of hydrogen-bond donors (Lipinski definition) is 1. The molecule has 0 aliphatic carbocycles. The Labute approximate surface area is 169 Å². The molecule has 1 aromatic carbocycles. The Hall–Kier alpha value is -2.16. The fraction of sp³-hybridized carbons (Fsp3) is 0.450. The number of ether oxygens (including phenoxy) is 2. The first-order valence-corrected chi connectivity index (χ1v) is 10.5. The molecule has 8 heteroatoms. The van der Waals surface area contributed by atoms with Crippen LogP contribution >= 0.6 is 11.8 Å². The second-order valence-electron chi connectivity index (χ2n) is 6.61. The van der Waals surface area contributed by atoms with Crippen LogP contribution in [-0.4, -0.2) is 52.7 Å². The molecule has 3 rings (SSSR count). The topological polar surface area (TPSA) is 73.6 Å². The number of imidazole rings is 1. The van der Waals surface area contributed by atoms with E-state index in [9.17, 15) is 0 Å². The second-order valence-corrected chi connectivity index (χ2v) is 7.38. The van der Waals surface area contributed by atoms with E-state index in [4.69, 9.17) is 9.47 Å². The van der Waals surface area contributed by atoms with Crippen molar-refractivity contribution in [3.05, 3.63) is 47.8 Å². The van der Waals surface area contributed by atoms with Gasteiger partial charge in [0.1, 0.15) is 0 Å².